The van der Waals surface area contributed by atoms with Crippen LogP contribution in [0.5, 0.6) is 0 Å². The quantitative estimate of drug-likeness (QED) is 0.224. The minimum Gasteiger partial charge on any atom is -0.251 e. The van der Waals surface area contributed by atoms with Crippen LogP contribution in [0.4, 0.5) is 4.39 Å². The van der Waals surface area contributed by atoms with Crippen LogP contribution in [0.25, 0.3) is 11.1 Å². The van der Waals surface area contributed by atoms with Gasteiger partial charge in [-0.25, -0.2) is 0 Å². The van der Waals surface area contributed by atoms with Crippen LogP contribution >= 0.6 is 0 Å². The molecule has 0 aromatic heterocycles. The van der Waals surface area contributed by atoms with Gasteiger partial charge in [-0.2, -0.15) is 0 Å². The summed E-state index contributed by atoms with van der Waals surface area (Å²) in [7, 11) is 0. The van der Waals surface area contributed by atoms with Crippen molar-refractivity contribution in [3.63, 3.8) is 0 Å². The van der Waals surface area contributed by atoms with Crippen molar-refractivity contribution in [2.45, 2.75) is 103 Å². The molecule has 0 radical (unpaired) electrons. The summed E-state index contributed by atoms with van der Waals surface area (Å²) in [4.78, 5) is 0. The number of hydrogen-bond donors (Lipinski definition) is 0. The number of rotatable bonds is 11. The molecule has 2 aliphatic carbocycles. The van der Waals surface area contributed by atoms with Crippen molar-refractivity contribution in [3.8, 4) is 11.1 Å². The normalized spacial score (nSPS) is 25.2. The van der Waals surface area contributed by atoms with E-state index >= 15 is 0 Å². The monoisotopic (exact) mass is 474 g/mol. The summed E-state index contributed by atoms with van der Waals surface area (Å²) in [6.45, 7) is 1.93. The highest BCUT2D eigenvalue weighted by Gasteiger charge is 2.31. The van der Waals surface area contributed by atoms with Crippen molar-refractivity contribution >= 4 is 0 Å². The fraction of sp³-hybridized carbons (Fsp3) is 0.588. The lowest BCUT2D eigenvalue weighted by Gasteiger charge is -2.38. The predicted octanol–water partition coefficient (Wildman–Crippen LogP) is 10.5. The van der Waals surface area contributed by atoms with Gasteiger partial charge in [0.05, 0.1) is 6.67 Å². The first-order chi connectivity index (χ1) is 17.3. The Morgan fingerprint density at radius 2 is 1.31 bits per heavy atom. The lowest BCUT2D eigenvalue weighted by atomic mass is 9.68. The molecule has 35 heavy (non-hydrogen) atoms. The Morgan fingerprint density at radius 3 is 1.91 bits per heavy atom. The summed E-state index contributed by atoms with van der Waals surface area (Å²) in [5, 5.41) is 0. The summed E-state index contributed by atoms with van der Waals surface area (Å²) < 4.78 is 12.3. The molecule has 190 valence electrons. The molecule has 4 rings (SSSR count). The van der Waals surface area contributed by atoms with E-state index in [1.807, 2.05) is 0 Å². The van der Waals surface area contributed by atoms with Crippen LogP contribution in [0.1, 0.15) is 107 Å². The van der Waals surface area contributed by atoms with Crippen LogP contribution < -0.4 is 0 Å². The number of unbranched alkanes of at least 4 members (excludes halogenated alkanes) is 2. The highest BCUT2D eigenvalue weighted by atomic mass is 19.1. The van der Waals surface area contributed by atoms with Gasteiger partial charge in [0, 0.05) is 0 Å². The topological polar surface area (TPSA) is 0 Å². The van der Waals surface area contributed by atoms with Gasteiger partial charge in [-0.05, 0) is 123 Å². The van der Waals surface area contributed by atoms with Gasteiger partial charge in [0.1, 0.15) is 0 Å². The fourth-order valence-corrected chi connectivity index (χ4v) is 6.80. The van der Waals surface area contributed by atoms with Crippen LogP contribution in [0.15, 0.2) is 60.7 Å². The van der Waals surface area contributed by atoms with Crippen molar-refractivity contribution in [3.05, 3.63) is 71.8 Å². The average molecular weight is 475 g/mol. The predicted molar refractivity (Wildman–Crippen MR) is 150 cm³/mol. The summed E-state index contributed by atoms with van der Waals surface area (Å²) in [6.07, 6.45) is 22.8. The smallest absolute Gasteiger partial charge is 0.0894 e. The molecule has 0 saturated heterocycles. The third-order valence-electron chi connectivity index (χ3n) is 9.07. The Kier molecular flexibility index (Phi) is 10.5. The molecule has 0 N–H and O–H groups in total. The second-order valence-corrected chi connectivity index (χ2v) is 11.4. The van der Waals surface area contributed by atoms with Crippen molar-refractivity contribution in [2.75, 3.05) is 6.67 Å². The zero-order chi connectivity index (χ0) is 24.3. The highest BCUT2D eigenvalue weighted by molar-refractivity contribution is 5.64. The van der Waals surface area contributed by atoms with Gasteiger partial charge in [-0.3, -0.25) is 4.39 Å². The summed E-state index contributed by atoms with van der Waals surface area (Å²) >= 11 is 0. The maximum Gasteiger partial charge on any atom is 0.0894 e. The Balaban J connectivity index is 1.21. The Labute approximate surface area is 214 Å². The molecule has 0 atom stereocenters. The molecule has 0 bridgehead atoms. The molecule has 0 heterocycles. The first-order valence-electron chi connectivity index (χ1n) is 14.6. The molecule has 0 aliphatic heterocycles. The van der Waals surface area contributed by atoms with E-state index in [0.717, 1.165) is 36.5 Å². The maximum absolute atomic E-state index is 12.3. The van der Waals surface area contributed by atoms with Crippen LogP contribution in [0.3, 0.4) is 0 Å². The van der Waals surface area contributed by atoms with E-state index in [4.69, 9.17) is 0 Å². The minimum absolute atomic E-state index is 0.204. The van der Waals surface area contributed by atoms with Crippen LogP contribution in [-0.2, 0) is 6.42 Å². The first-order valence-corrected chi connectivity index (χ1v) is 14.6. The number of hydrogen-bond acceptors (Lipinski definition) is 0. The lowest BCUT2D eigenvalue weighted by Crippen LogP contribution is -2.25. The molecule has 0 amide bonds. The molecule has 2 fully saturated rings. The maximum atomic E-state index is 12.3. The lowest BCUT2D eigenvalue weighted by molar-refractivity contribution is 0.156. The molecular formula is C34H47F. The minimum atomic E-state index is -0.204. The van der Waals surface area contributed by atoms with Gasteiger partial charge in [0.25, 0.3) is 0 Å². The van der Waals surface area contributed by atoms with E-state index in [0.29, 0.717) is 6.42 Å². The zero-order valence-electron chi connectivity index (χ0n) is 22.1. The van der Waals surface area contributed by atoms with Gasteiger partial charge in [0.2, 0.25) is 0 Å². The van der Waals surface area contributed by atoms with E-state index in [-0.39, 0.29) is 6.67 Å². The van der Waals surface area contributed by atoms with Crippen LogP contribution in [0.2, 0.25) is 0 Å². The third kappa shape index (κ3) is 7.80. The molecule has 0 spiro atoms. The fourth-order valence-electron chi connectivity index (χ4n) is 6.80. The van der Waals surface area contributed by atoms with E-state index < -0.39 is 0 Å². The summed E-state index contributed by atoms with van der Waals surface area (Å²) in [5.41, 5.74) is 5.44. The Bertz CT molecular complexity index is 862. The van der Waals surface area contributed by atoms with Crippen molar-refractivity contribution < 1.29 is 4.39 Å². The van der Waals surface area contributed by atoms with E-state index in [2.05, 4.69) is 67.6 Å². The number of allylic oxidation sites excluding steroid dienone is 2. The van der Waals surface area contributed by atoms with Crippen LogP contribution in [-0.4, -0.2) is 6.67 Å². The SMILES string of the molecule is CC=CCCC[C@H]1CC[C@H]([C@H]2CC[C@H](c3ccc(-c4ccc(CCCCF)cc4)cc3)CC2)CC1. The van der Waals surface area contributed by atoms with Crippen molar-refractivity contribution in [1.82, 2.24) is 0 Å². The number of halogens is 1. The van der Waals surface area contributed by atoms with Gasteiger partial charge in [-0.1, -0.05) is 79.9 Å². The van der Waals surface area contributed by atoms with Gasteiger partial charge in [0.15, 0.2) is 0 Å². The molecule has 1 heteroatoms. The molecule has 2 aromatic carbocycles. The van der Waals surface area contributed by atoms with Gasteiger partial charge < -0.3 is 0 Å². The molecule has 0 nitrogen and oxygen atoms in total. The zero-order valence-corrected chi connectivity index (χ0v) is 22.1. The van der Waals surface area contributed by atoms with E-state index in [1.165, 1.54) is 87.3 Å². The van der Waals surface area contributed by atoms with Crippen LogP contribution in [0, 0.1) is 17.8 Å². The van der Waals surface area contributed by atoms with E-state index in [9.17, 15) is 4.39 Å². The van der Waals surface area contributed by atoms with Crippen molar-refractivity contribution in [1.29, 1.82) is 0 Å². The number of alkyl halides is 1. The number of aryl methyl sites for hydroxylation is 1. The Hall–Kier alpha value is -1.89. The second-order valence-electron chi connectivity index (χ2n) is 11.4. The van der Waals surface area contributed by atoms with Crippen molar-refractivity contribution in [2.24, 2.45) is 17.8 Å². The third-order valence-corrected chi connectivity index (χ3v) is 9.07. The van der Waals surface area contributed by atoms with E-state index in [1.54, 1.807) is 5.56 Å². The Morgan fingerprint density at radius 1 is 0.714 bits per heavy atom. The van der Waals surface area contributed by atoms with Gasteiger partial charge >= 0.3 is 0 Å². The molecule has 2 aliphatic rings. The second kappa shape index (κ2) is 14.0. The molecular weight excluding hydrogens is 427 g/mol. The molecule has 2 saturated carbocycles. The molecule has 2 aromatic rings. The highest BCUT2D eigenvalue weighted by Crippen LogP contribution is 2.44. The summed E-state index contributed by atoms with van der Waals surface area (Å²) in [6, 6.07) is 18.3. The largest absolute Gasteiger partial charge is 0.251 e. The first kappa shape index (κ1) is 26.2. The molecule has 0 unspecified atom stereocenters. The van der Waals surface area contributed by atoms with Gasteiger partial charge in [-0.15, -0.1) is 0 Å². The number of benzene rings is 2. The summed E-state index contributed by atoms with van der Waals surface area (Å²) in [5.74, 6) is 3.74. The standard InChI is InChI=1S/C34H47F/c1-2-3-4-5-8-27-10-14-29(15-11-27)31-18-22-33(23-19-31)34-24-20-32(21-25-34)30-16-12-28(13-17-30)9-6-7-26-35/h2-3,12-13,16-17,20-21,24-25,27,29,31,33H,4-11,14-15,18-19,22-23,26H2,1H3/t27-,29-,31-,33-. The average Bonchev–Trinajstić information content (AvgIpc) is 2.92.